The predicted molar refractivity (Wildman–Crippen MR) is 81.9 cm³/mol. The molecule has 0 bridgehead atoms. The zero-order valence-corrected chi connectivity index (χ0v) is 13.0. The first-order valence-corrected chi connectivity index (χ1v) is 7.12. The summed E-state index contributed by atoms with van der Waals surface area (Å²) in [5.41, 5.74) is -0.126. The number of carbonyl (C=O) groups excluding carboxylic acids is 1. The fourth-order valence-electron chi connectivity index (χ4n) is 2.39. The molecule has 0 aromatic heterocycles. The number of nitro groups is 1. The molecule has 2 rings (SSSR count). The number of hydrogen-bond donors (Lipinski definition) is 2. The highest BCUT2D eigenvalue weighted by molar-refractivity contribution is 6.34. The number of nitrogens with zero attached hydrogens (tertiary/aromatic N) is 1. The molecule has 0 atom stereocenters. The van der Waals surface area contributed by atoms with Crippen LogP contribution < -0.4 is 10.6 Å². The Bertz CT molecular complexity index is 597. The van der Waals surface area contributed by atoms with Gasteiger partial charge in [0, 0.05) is 24.2 Å². The van der Waals surface area contributed by atoms with E-state index in [1.807, 2.05) is 13.8 Å². The molecule has 0 unspecified atom stereocenters. The van der Waals surface area contributed by atoms with Gasteiger partial charge in [-0.25, -0.2) is 0 Å². The molecule has 1 amide bonds. The van der Waals surface area contributed by atoms with Gasteiger partial charge in [0.1, 0.15) is 5.69 Å². The van der Waals surface area contributed by atoms with E-state index in [0.717, 1.165) is 12.8 Å². The summed E-state index contributed by atoms with van der Waals surface area (Å²) >= 11 is 6.02. The number of carbonyl (C=O) groups is 1. The molecule has 21 heavy (non-hydrogen) atoms. The summed E-state index contributed by atoms with van der Waals surface area (Å²) in [7, 11) is 1.55. The minimum Gasteiger partial charge on any atom is -0.381 e. The lowest BCUT2D eigenvalue weighted by molar-refractivity contribution is -0.383. The smallest absolute Gasteiger partial charge is 0.294 e. The summed E-state index contributed by atoms with van der Waals surface area (Å²) in [5.74, 6) is 0.114. The van der Waals surface area contributed by atoms with Gasteiger partial charge in [-0.05, 0) is 38.7 Å². The minimum absolute atomic E-state index is 0.154. The van der Waals surface area contributed by atoms with Crippen LogP contribution in [0.2, 0.25) is 5.02 Å². The Morgan fingerprint density at radius 1 is 1.43 bits per heavy atom. The summed E-state index contributed by atoms with van der Waals surface area (Å²) < 4.78 is 0. The molecule has 7 heteroatoms. The Hall–Kier alpha value is -1.82. The van der Waals surface area contributed by atoms with Crippen molar-refractivity contribution in [1.29, 1.82) is 0 Å². The molecule has 6 nitrogen and oxygen atoms in total. The summed E-state index contributed by atoms with van der Waals surface area (Å²) in [4.78, 5) is 22.8. The lowest BCUT2D eigenvalue weighted by atomic mass is 9.98. The van der Waals surface area contributed by atoms with Crippen LogP contribution in [0.5, 0.6) is 0 Å². The van der Waals surface area contributed by atoms with E-state index in [-0.39, 0.29) is 33.4 Å². The van der Waals surface area contributed by atoms with Crippen molar-refractivity contribution in [3.8, 4) is 0 Å². The van der Waals surface area contributed by atoms with Crippen molar-refractivity contribution in [3.63, 3.8) is 0 Å². The molecule has 114 valence electrons. The van der Waals surface area contributed by atoms with Gasteiger partial charge < -0.3 is 10.6 Å². The monoisotopic (exact) mass is 311 g/mol. The molecule has 1 aromatic rings. The van der Waals surface area contributed by atoms with Gasteiger partial charge in [0.2, 0.25) is 0 Å². The van der Waals surface area contributed by atoms with Crippen molar-refractivity contribution in [1.82, 2.24) is 5.32 Å². The number of rotatable bonds is 5. The zero-order chi connectivity index (χ0) is 15.8. The van der Waals surface area contributed by atoms with Crippen molar-refractivity contribution in [2.75, 3.05) is 12.4 Å². The molecule has 0 saturated heterocycles. The van der Waals surface area contributed by atoms with Gasteiger partial charge in [0.25, 0.3) is 11.6 Å². The second-order valence-electron chi connectivity index (χ2n) is 5.81. The second kappa shape index (κ2) is 5.52. The molecule has 1 aliphatic rings. The lowest BCUT2D eigenvalue weighted by Gasteiger charge is -2.26. The first-order chi connectivity index (χ1) is 9.76. The lowest BCUT2D eigenvalue weighted by Crippen LogP contribution is -2.45. The van der Waals surface area contributed by atoms with Crippen LogP contribution in [0.25, 0.3) is 0 Å². The molecule has 0 radical (unpaired) electrons. The summed E-state index contributed by atoms with van der Waals surface area (Å²) in [6.07, 6.45) is 2.18. The fourth-order valence-corrected chi connectivity index (χ4v) is 2.70. The van der Waals surface area contributed by atoms with Crippen LogP contribution in [0.4, 0.5) is 11.4 Å². The van der Waals surface area contributed by atoms with Gasteiger partial charge >= 0.3 is 0 Å². The highest BCUT2D eigenvalue weighted by Crippen LogP contribution is 2.39. The molecule has 1 fully saturated rings. The maximum atomic E-state index is 12.3. The van der Waals surface area contributed by atoms with Crippen molar-refractivity contribution < 1.29 is 9.72 Å². The SMILES string of the molecule is CNc1c(Cl)cc(C(=O)NC(C)(C)C2CC2)cc1[N+](=O)[O-]. The van der Waals surface area contributed by atoms with E-state index in [0.29, 0.717) is 5.92 Å². The van der Waals surface area contributed by atoms with Gasteiger partial charge in [-0.3, -0.25) is 14.9 Å². The Morgan fingerprint density at radius 2 is 2.05 bits per heavy atom. The second-order valence-corrected chi connectivity index (χ2v) is 6.22. The van der Waals surface area contributed by atoms with Gasteiger partial charge in [-0.15, -0.1) is 0 Å². The van der Waals surface area contributed by atoms with Crippen LogP contribution in [-0.2, 0) is 0 Å². The van der Waals surface area contributed by atoms with Crippen molar-refractivity contribution in [2.24, 2.45) is 5.92 Å². The van der Waals surface area contributed by atoms with E-state index < -0.39 is 4.92 Å². The highest BCUT2D eigenvalue weighted by atomic mass is 35.5. The largest absolute Gasteiger partial charge is 0.381 e. The Balaban J connectivity index is 2.31. The molecule has 1 aromatic carbocycles. The number of hydrogen-bond acceptors (Lipinski definition) is 4. The summed E-state index contributed by atoms with van der Waals surface area (Å²) in [6, 6.07) is 2.69. The maximum absolute atomic E-state index is 12.3. The maximum Gasteiger partial charge on any atom is 0.294 e. The van der Waals surface area contributed by atoms with Crippen LogP contribution in [0.3, 0.4) is 0 Å². The number of anilines is 1. The molecule has 2 N–H and O–H groups in total. The number of halogens is 1. The number of nitrogens with one attached hydrogen (secondary N) is 2. The molecule has 0 heterocycles. The predicted octanol–water partition coefficient (Wildman–Crippen LogP) is 3.21. The molecule has 0 aliphatic heterocycles. The first kappa shape index (κ1) is 15.6. The van der Waals surface area contributed by atoms with E-state index >= 15 is 0 Å². The molecular formula is C14H18ClN3O3. The molecule has 0 spiro atoms. The normalized spacial score (nSPS) is 14.7. The Kier molecular flexibility index (Phi) is 4.09. The van der Waals surface area contributed by atoms with E-state index in [1.165, 1.54) is 12.1 Å². The average molecular weight is 312 g/mol. The first-order valence-electron chi connectivity index (χ1n) is 6.74. The van der Waals surface area contributed by atoms with Gasteiger partial charge in [-0.1, -0.05) is 11.6 Å². The highest BCUT2D eigenvalue weighted by Gasteiger charge is 2.39. The van der Waals surface area contributed by atoms with Gasteiger partial charge in [0.15, 0.2) is 0 Å². The summed E-state index contributed by atoms with van der Waals surface area (Å²) in [6.45, 7) is 3.92. The van der Waals surface area contributed by atoms with Crippen molar-refractivity contribution >= 4 is 28.9 Å². The van der Waals surface area contributed by atoms with Crippen molar-refractivity contribution in [3.05, 3.63) is 32.8 Å². The van der Waals surface area contributed by atoms with Crippen LogP contribution in [0, 0.1) is 16.0 Å². The quantitative estimate of drug-likeness (QED) is 0.646. The van der Waals surface area contributed by atoms with Crippen LogP contribution in [-0.4, -0.2) is 23.4 Å². The van der Waals surface area contributed by atoms with E-state index in [1.54, 1.807) is 7.05 Å². The van der Waals surface area contributed by atoms with E-state index in [4.69, 9.17) is 11.6 Å². The minimum atomic E-state index is -0.555. The fraction of sp³-hybridized carbons (Fsp3) is 0.500. The van der Waals surface area contributed by atoms with Gasteiger partial charge in [-0.2, -0.15) is 0 Å². The molecule has 1 saturated carbocycles. The third-order valence-corrected chi connectivity index (χ3v) is 4.11. The van der Waals surface area contributed by atoms with Crippen molar-refractivity contribution in [2.45, 2.75) is 32.2 Å². The number of benzene rings is 1. The Morgan fingerprint density at radius 3 is 2.52 bits per heavy atom. The van der Waals surface area contributed by atoms with E-state index in [9.17, 15) is 14.9 Å². The van der Waals surface area contributed by atoms with Gasteiger partial charge in [0.05, 0.1) is 9.95 Å². The van der Waals surface area contributed by atoms with Crippen LogP contribution >= 0.6 is 11.6 Å². The van der Waals surface area contributed by atoms with Crippen LogP contribution in [0.1, 0.15) is 37.0 Å². The molecule has 1 aliphatic carbocycles. The number of nitro benzene ring substituents is 1. The van der Waals surface area contributed by atoms with E-state index in [2.05, 4.69) is 10.6 Å². The number of amides is 1. The average Bonchev–Trinajstić information content (AvgIpc) is 3.21. The third-order valence-electron chi connectivity index (χ3n) is 3.81. The van der Waals surface area contributed by atoms with Crippen LogP contribution in [0.15, 0.2) is 12.1 Å². The topological polar surface area (TPSA) is 84.3 Å². The Labute approximate surface area is 128 Å². The summed E-state index contributed by atoms with van der Waals surface area (Å²) in [5, 5.41) is 16.8. The third kappa shape index (κ3) is 3.26. The standard InChI is InChI=1S/C14H18ClN3O3/c1-14(2,9-4-5-9)17-13(19)8-6-10(15)12(16-3)11(7-8)18(20)21/h6-7,9,16H,4-5H2,1-3H3,(H,17,19). The molecular weight excluding hydrogens is 294 g/mol. The zero-order valence-electron chi connectivity index (χ0n) is 12.2.